The van der Waals surface area contributed by atoms with E-state index >= 15 is 0 Å². The minimum absolute atomic E-state index is 0.168. The van der Waals surface area contributed by atoms with Gasteiger partial charge in [-0.15, -0.1) is 0 Å². The lowest BCUT2D eigenvalue weighted by Crippen LogP contribution is -1.99. The highest BCUT2D eigenvalue weighted by Crippen LogP contribution is 2.25. The van der Waals surface area contributed by atoms with Crippen LogP contribution in [0.25, 0.3) is 0 Å². The van der Waals surface area contributed by atoms with Crippen LogP contribution in [0.5, 0.6) is 5.75 Å². The number of ether oxygens (including phenoxy) is 1. The van der Waals surface area contributed by atoms with Crippen molar-refractivity contribution in [2.45, 2.75) is 45.4 Å². The third-order valence-corrected chi connectivity index (χ3v) is 3.29. The molecule has 0 heterocycles. The van der Waals surface area contributed by atoms with E-state index in [1.165, 1.54) is 19.3 Å². The smallest absolute Gasteiger partial charge is 0.163 e. The Morgan fingerprint density at radius 3 is 2.61 bits per heavy atom. The molecule has 0 aliphatic carbocycles. The van der Waals surface area contributed by atoms with Gasteiger partial charge < -0.3 is 4.74 Å². The van der Waals surface area contributed by atoms with Gasteiger partial charge in [0.25, 0.3) is 0 Å². The van der Waals surface area contributed by atoms with Crippen molar-refractivity contribution >= 4 is 17.4 Å². The van der Waals surface area contributed by atoms with Crippen molar-refractivity contribution in [2.75, 3.05) is 7.11 Å². The zero-order chi connectivity index (χ0) is 13.4. The van der Waals surface area contributed by atoms with Gasteiger partial charge in [0.15, 0.2) is 5.78 Å². The van der Waals surface area contributed by atoms with Gasteiger partial charge in [-0.25, -0.2) is 0 Å². The molecule has 0 amide bonds. The van der Waals surface area contributed by atoms with Crippen LogP contribution in [0, 0.1) is 0 Å². The van der Waals surface area contributed by atoms with Crippen LogP contribution in [0.15, 0.2) is 18.2 Å². The summed E-state index contributed by atoms with van der Waals surface area (Å²) in [6, 6.07) is 5.20. The number of carbonyl (C=O) groups is 1. The SMILES string of the molecule is CCCCCCCC(=O)c1ccc(Cl)c(OC)c1. The van der Waals surface area contributed by atoms with E-state index in [4.69, 9.17) is 16.3 Å². The molecule has 1 aromatic carbocycles. The molecule has 0 fully saturated rings. The van der Waals surface area contributed by atoms with E-state index in [9.17, 15) is 4.79 Å². The summed E-state index contributed by atoms with van der Waals surface area (Å²) in [5.41, 5.74) is 0.687. The number of halogens is 1. The van der Waals surface area contributed by atoms with Crippen molar-refractivity contribution in [3.63, 3.8) is 0 Å². The third kappa shape index (κ3) is 4.69. The minimum Gasteiger partial charge on any atom is -0.495 e. The molecule has 0 radical (unpaired) electrons. The van der Waals surface area contributed by atoms with Crippen molar-refractivity contribution in [1.82, 2.24) is 0 Å². The summed E-state index contributed by atoms with van der Waals surface area (Å²) in [7, 11) is 1.56. The molecule has 0 saturated carbocycles. The summed E-state index contributed by atoms with van der Waals surface area (Å²) in [6.45, 7) is 2.19. The predicted octanol–water partition coefficient (Wildman–Crippen LogP) is 4.89. The minimum atomic E-state index is 0.168. The van der Waals surface area contributed by atoms with E-state index in [0.29, 0.717) is 22.8 Å². The molecule has 18 heavy (non-hydrogen) atoms. The number of carbonyl (C=O) groups excluding carboxylic acids is 1. The van der Waals surface area contributed by atoms with E-state index in [2.05, 4.69) is 6.92 Å². The molecule has 0 atom stereocenters. The molecular formula is C15H21ClO2. The number of unbranched alkanes of at least 4 members (excludes halogenated alkanes) is 4. The van der Waals surface area contributed by atoms with E-state index in [0.717, 1.165) is 12.8 Å². The van der Waals surface area contributed by atoms with Gasteiger partial charge in [-0.3, -0.25) is 4.79 Å². The highest BCUT2D eigenvalue weighted by atomic mass is 35.5. The van der Waals surface area contributed by atoms with Crippen molar-refractivity contribution < 1.29 is 9.53 Å². The van der Waals surface area contributed by atoms with Gasteiger partial charge in [0.05, 0.1) is 12.1 Å². The molecule has 0 bridgehead atoms. The van der Waals surface area contributed by atoms with E-state index in [1.807, 2.05) is 0 Å². The fourth-order valence-electron chi connectivity index (χ4n) is 1.87. The van der Waals surface area contributed by atoms with Crippen LogP contribution in [-0.4, -0.2) is 12.9 Å². The summed E-state index contributed by atoms with van der Waals surface area (Å²) in [5, 5.41) is 0.539. The van der Waals surface area contributed by atoms with Gasteiger partial charge in [0.2, 0.25) is 0 Å². The molecule has 0 aliphatic heterocycles. The topological polar surface area (TPSA) is 26.3 Å². The Morgan fingerprint density at radius 1 is 1.22 bits per heavy atom. The number of ketones is 1. The van der Waals surface area contributed by atoms with Crippen molar-refractivity contribution in [3.8, 4) is 5.75 Å². The maximum absolute atomic E-state index is 12.0. The molecule has 0 spiro atoms. The molecular weight excluding hydrogens is 248 g/mol. The maximum atomic E-state index is 12.0. The highest BCUT2D eigenvalue weighted by Gasteiger charge is 2.09. The quantitative estimate of drug-likeness (QED) is 0.495. The number of benzene rings is 1. The van der Waals surface area contributed by atoms with Gasteiger partial charge in [-0.1, -0.05) is 44.2 Å². The standard InChI is InChI=1S/C15H21ClO2/c1-3-4-5-6-7-8-14(17)12-9-10-13(16)15(11-12)18-2/h9-11H,3-8H2,1-2H3. The number of hydrogen-bond donors (Lipinski definition) is 0. The lowest BCUT2D eigenvalue weighted by molar-refractivity contribution is 0.0979. The third-order valence-electron chi connectivity index (χ3n) is 2.98. The molecule has 0 N–H and O–H groups in total. The summed E-state index contributed by atoms with van der Waals surface area (Å²) in [4.78, 5) is 12.0. The van der Waals surface area contributed by atoms with E-state index in [1.54, 1.807) is 25.3 Å². The first-order valence-electron chi connectivity index (χ1n) is 6.55. The maximum Gasteiger partial charge on any atom is 0.163 e. The second-order valence-electron chi connectivity index (χ2n) is 4.44. The highest BCUT2D eigenvalue weighted by molar-refractivity contribution is 6.32. The second-order valence-corrected chi connectivity index (χ2v) is 4.84. The number of Topliss-reactive ketones (excluding diaryl/α,β-unsaturated/α-hetero) is 1. The van der Waals surface area contributed by atoms with Gasteiger partial charge in [0.1, 0.15) is 5.75 Å². The van der Waals surface area contributed by atoms with Crippen LogP contribution in [0.1, 0.15) is 55.8 Å². The Kier molecular flexibility index (Phi) is 6.81. The van der Waals surface area contributed by atoms with Gasteiger partial charge in [0, 0.05) is 12.0 Å². The largest absolute Gasteiger partial charge is 0.495 e. The van der Waals surface area contributed by atoms with Crippen LogP contribution >= 0.6 is 11.6 Å². The molecule has 0 unspecified atom stereocenters. The average Bonchev–Trinajstić information content (AvgIpc) is 2.38. The van der Waals surface area contributed by atoms with Crippen molar-refractivity contribution in [3.05, 3.63) is 28.8 Å². The van der Waals surface area contributed by atoms with Crippen LogP contribution in [0.2, 0.25) is 5.02 Å². The summed E-state index contributed by atoms with van der Waals surface area (Å²) >= 11 is 5.93. The fraction of sp³-hybridized carbons (Fsp3) is 0.533. The van der Waals surface area contributed by atoms with Crippen LogP contribution in [-0.2, 0) is 0 Å². The second kappa shape index (κ2) is 8.15. The monoisotopic (exact) mass is 268 g/mol. The van der Waals surface area contributed by atoms with Crippen LogP contribution in [0.4, 0.5) is 0 Å². The molecule has 2 nitrogen and oxygen atoms in total. The van der Waals surface area contributed by atoms with E-state index < -0.39 is 0 Å². The predicted molar refractivity (Wildman–Crippen MR) is 75.7 cm³/mol. The van der Waals surface area contributed by atoms with Gasteiger partial charge in [-0.05, 0) is 24.6 Å². The summed E-state index contributed by atoms with van der Waals surface area (Å²) in [6.07, 6.45) is 6.39. The Bertz CT molecular complexity index is 388. The molecule has 100 valence electrons. The molecule has 3 heteroatoms. The Morgan fingerprint density at radius 2 is 1.94 bits per heavy atom. The normalized spacial score (nSPS) is 10.4. The molecule has 1 rings (SSSR count). The molecule has 1 aromatic rings. The molecule has 0 aromatic heterocycles. The molecule has 0 saturated heterocycles. The first kappa shape index (κ1) is 15.0. The Labute approximate surface area is 114 Å². The van der Waals surface area contributed by atoms with Crippen LogP contribution in [0.3, 0.4) is 0 Å². The fourth-order valence-corrected chi connectivity index (χ4v) is 2.06. The zero-order valence-electron chi connectivity index (χ0n) is 11.2. The molecule has 0 aliphatic rings. The van der Waals surface area contributed by atoms with Gasteiger partial charge in [-0.2, -0.15) is 0 Å². The lowest BCUT2D eigenvalue weighted by Gasteiger charge is -2.06. The summed E-state index contributed by atoms with van der Waals surface area (Å²) < 4.78 is 5.11. The number of methoxy groups -OCH3 is 1. The number of hydrogen-bond acceptors (Lipinski definition) is 2. The average molecular weight is 269 g/mol. The lowest BCUT2D eigenvalue weighted by atomic mass is 10.0. The summed E-state index contributed by atoms with van der Waals surface area (Å²) in [5.74, 6) is 0.731. The first-order valence-corrected chi connectivity index (χ1v) is 6.93. The Hall–Kier alpha value is -1.02. The van der Waals surface area contributed by atoms with Crippen molar-refractivity contribution in [2.24, 2.45) is 0 Å². The zero-order valence-corrected chi connectivity index (χ0v) is 11.9. The number of rotatable bonds is 8. The van der Waals surface area contributed by atoms with Gasteiger partial charge >= 0.3 is 0 Å². The van der Waals surface area contributed by atoms with Crippen molar-refractivity contribution in [1.29, 1.82) is 0 Å². The van der Waals surface area contributed by atoms with E-state index in [-0.39, 0.29) is 5.78 Å². The Balaban J connectivity index is 2.46. The first-order chi connectivity index (χ1) is 8.69. The van der Waals surface area contributed by atoms with Crippen LogP contribution < -0.4 is 4.74 Å².